The maximum absolute atomic E-state index is 11.2. The number of nitrogen functional groups attached to an aromatic ring is 1. The first kappa shape index (κ1) is 14.7. The van der Waals surface area contributed by atoms with Gasteiger partial charge in [-0.15, -0.1) is 0 Å². The quantitative estimate of drug-likeness (QED) is 0.587. The Hall–Kier alpha value is -1.31. The highest BCUT2D eigenvalue weighted by Gasteiger charge is 2.11. The molecule has 0 saturated carbocycles. The van der Waals surface area contributed by atoms with Crippen LogP contribution >= 0.6 is 0 Å². The van der Waals surface area contributed by atoms with Crippen molar-refractivity contribution in [2.24, 2.45) is 5.14 Å². The summed E-state index contributed by atoms with van der Waals surface area (Å²) < 4.78 is 33.0. The molecular weight excluding hydrogens is 256 g/mol. The second-order valence-electron chi connectivity index (χ2n) is 4.01. The first-order valence-corrected chi connectivity index (χ1v) is 7.02. The summed E-state index contributed by atoms with van der Waals surface area (Å²) in [5.41, 5.74) is 6.03. The molecule has 0 spiro atoms. The summed E-state index contributed by atoms with van der Waals surface area (Å²) in [7, 11) is -3.75. The molecule has 4 N–H and O–H groups in total. The predicted molar refractivity (Wildman–Crippen MR) is 68.8 cm³/mol. The van der Waals surface area contributed by atoms with Gasteiger partial charge in [0.2, 0.25) is 10.0 Å². The van der Waals surface area contributed by atoms with Gasteiger partial charge in [0.15, 0.2) is 0 Å². The molecule has 1 aromatic rings. The second kappa shape index (κ2) is 6.03. The van der Waals surface area contributed by atoms with Gasteiger partial charge in [0.1, 0.15) is 12.4 Å². The van der Waals surface area contributed by atoms with Gasteiger partial charge in [0, 0.05) is 6.07 Å². The minimum Gasteiger partial charge on any atom is -0.489 e. The van der Waals surface area contributed by atoms with E-state index in [0.717, 1.165) is 0 Å². The van der Waals surface area contributed by atoms with E-state index in [2.05, 4.69) is 0 Å². The van der Waals surface area contributed by atoms with Crippen molar-refractivity contribution in [3.63, 3.8) is 0 Å². The molecule has 0 saturated heterocycles. The van der Waals surface area contributed by atoms with E-state index in [0.29, 0.717) is 12.3 Å². The molecule has 0 atom stereocenters. The highest BCUT2D eigenvalue weighted by atomic mass is 32.2. The summed E-state index contributed by atoms with van der Waals surface area (Å²) >= 11 is 0. The molecule has 1 aromatic carbocycles. The number of anilines is 1. The van der Waals surface area contributed by atoms with E-state index in [1.807, 2.05) is 13.8 Å². The Morgan fingerprint density at radius 3 is 2.50 bits per heavy atom. The van der Waals surface area contributed by atoms with Crippen molar-refractivity contribution in [3.8, 4) is 5.75 Å². The molecular formula is C11H18N2O4S. The summed E-state index contributed by atoms with van der Waals surface area (Å²) in [5.74, 6) is 0.286. The molecule has 7 heteroatoms. The third kappa shape index (κ3) is 4.52. The number of rotatable bonds is 6. The molecule has 0 aromatic heterocycles. The van der Waals surface area contributed by atoms with Crippen molar-refractivity contribution in [3.05, 3.63) is 18.2 Å². The number of hydrogen-bond acceptors (Lipinski definition) is 5. The van der Waals surface area contributed by atoms with Crippen molar-refractivity contribution in [1.82, 2.24) is 0 Å². The van der Waals surface area contributed by atoms with Crippen LogP contribution in [0.5, 0.6) is 5.75 Å². The lowest BCUT2D eigenvalue weighted by atomic mass is 10.3. The summed E-state index contributed by atoms with van der Waals surface area (Å²) in [6.45, 7) is 4.51. The van der Waals surface area contributed by atoms with Gasteiger partial charge in [0.25, 0.3) is 0 Å². The van der Waals surface area contributed by atoms with Crippen molar-refractivity contribution >= 4 is 15.7 Å². The maximum Gasteiger partial charge on any atom is 0.238 e. The fraction of sp³-hybridized carbons (Fsp3) is 0.455. The Balaban J connectivity index is 2.70. The van der Waals surface area contributed by atoms with Gasteiger partial charge in [-0.3, -0.25) is 0 Å². The first-order valence-electron chi connectivity index (χ1n) is 5.47. The van der Waals surface area contributed by atoms with Crippen LogP contribution in [0.4, 0.5) is 5.69 Å². The van der Waals surface area contributed by atoms with Crippen LogP contribution in [-0.2, 0) is 14.8 Å². The SMILES string of the molecule is CC(C)OCCOc1cc(S(N)(=O)=O)ccc1N. The van der Waals surface area contributed by atoms with Gasteiger partial charge in [0.05, 0.1) is 23.3 Å². The molecule has 0 radical (unpaired) electrons. The maximum atomic E-state index is 11.2. The van der Waals surface area contributed by atoms with Crippen molar-refractivity contribution in [2.45, 2.75) is 24.8 Å². The number of nitrogens with two attached hydrogens (primary N) is 2. The minimum atomic E-state index is -3.75. The zero-order valence-electron chi connectivity index (χ0n) is 10.4. The van der Waals surface area contributed by atoms with Gasteiger partial charge < -0.3 is 15.2 Å². The van der Waals surface area contributed by atoms with Crippen LogP contribution in [0, 0.1) is 0 Å². The number of sulfonamides is 1. The molecule has 0 fully saturated rings. The summed E-state index contributed by atoms with van der Waals surface area (Å²) in [6, 6.07) is 4.08. The van der Waals surface area contributed by atoms with Gasteiger partial charge >= 0.3 is 0 Å². The van der Waals surface area contributed by atoms with E-state index < -0.39 is 10.0 Å². The number of benzene rings is 1. The molecule has 0 amide bonds. The van der Waals surface area contributed by atoms with Gasteiger partial charge in [-0.05, 0) is 26.0 Å². The van der Waals surface area contributed by atoms with E-state index >= 15 is 0 Å². The molecule has 0 heterocycles. The van der Waals surface area contributed by atoms with Gasteiger partial charge in [-0.25, -0.2) is 13.6 Å². The smallest absolute Gasteiger partial charge is 0.238 e. The van der Waals surface area contributed by atoms with E-state index in [1.165, 1.54) is 18.2 Å². The number of primary sulfonamides is 1. The summed E-state index contributed by atoms with van der Waals surface area (Å²) in [6.07, 6.45) is 0.113. The highest BCUT2D eigenvalue weighted by molar-refractivity contribution is 7.89. The lowest BCUT2D eigenvalue weighted by molar-refractivity contribution is 0.0554. The van der Waals surface area contributed by atoms with Crippen LogP contribution in [0.2, 0.25) is 0 Å². The molecule has 0 bridgehead atoms. The fourth-order valence-corrected chi connectivity index (χ4v) is 1.78. The van der Waals surface area contributed by atoms with E-state index in [1.54, 1.807) is 0 Å². The largest absolute Gasteiger partial charge is 0.489 e. The second-order valence-corrected chi connectivity index (χ2v) is 5.57. The van der Waals surface area contributed by atoms with E-state index in [-0.39, 0.29) is 23.4 Å². The van der Waals surface area contributed by atoms with Gasteiger partial charge in [-0.1, -0.05) is 0 Å². The molecule has 102 valence electrons. The monoisotopic (exact) mass is 274 g/mol. The summed E-state index contributed by atoms with van der Waals surface area (Å²) in [5, 5.41) is 5.02. The summed E-state index contributed by atoms with van der Waals surface area (Å²) in [4.78, 5) is -0.0310. The Morgan fingerprint density at radius 1 is 1.28 bits per heavy atom. The average Bonchev–Trinajstić information content (AvgIpc) is 2.24. The van der Waals surface area contributed by atoms with Crippen molar-refractivity contribution in [1.29, 1.82) is 0 Å². The Kier molecular flexibility index (Phi) is 4.94. The number of ether oxygens (including phenoxy) is 2. The number of hydrogen-bond donors (Lipinski definition) is 2. The lowest BCUT2D eigenvalue weighted by Gasteiger charge is -2.11. The zero-order chi connectivity index (χ0) is 13.8. The standard InChI is InChI=1S/C11H18N2O4S/c1-8(2)16-5-6-17-11-7-9(18(13,14)15)3-4-10(11)12/h3-4,7-8H,5-6,12H2,1-2H3,(H2,13,14,15). The van der Waals surface area contributed by atoms with Crippen molar-refractivity contribution in [2.75, 3.05) is 18.9 Å². The molecule has 6 nitrogen and oxygen atoms in total. The minimum absolute atomic E-state index is 0.0310. The van der Waals surface area contributed by atoms with E-state index in [4.69, 9.17) is 20.3 Å². The predicted octanol–water partition coefficient (Wildman–Crippen LogP) is 0.720. The van der Waals surface area contributed by atoms with Crippen LogP contribution in [0.25, 0.3) is 0 Å². The molecule has 0 unspecified atom stereocenters. The first-order chi connectivity index (χ1) is 8.30. The Labute approximate surface area is 107 Å². The molecule has 0 aliphatic carbocycles. The molecule has 1 rings (SSSR count). The fourth-order valence-electron chi connectivity index (χ4n) is 1.25. The van der Waals surface area contributed by atoms with Gasteiger partial charge in [-0.2, -0.15) is 0 Å². The van der Waals surface area contributed by atoms with Crippen LogP contribution < -0.4 is 15.6 Å². The third-order valence-electron chi connectivity index (χ3n) is 2.11. The Morgan fingerprint density at radius 2 is 1.94 bits per heavy atom. The molecule has 0 aliphatic rings. The molecule has 0 aliphatic heterocycles. The average molecular weight is 274 g/mol. The van der Waals surface area contributed by atoms with Crippen LogP contribution in [0.3, 0.4) is 0 Å². The molecule has 18 heavy (non-hydrogen) atoms. The van der Waals surface area contributed by atoms with Crippen LogP contribution in [0.1, 0.15) is 13.8 Å². The normalized spacial score (nSPS) is 11.8. The third-order valence-corrected chi connectivity index (χ3v) is 3.02. The van der Waals surface area contributed by atoms with Crippen LogP contribution in [0.15, 0.2) is 23.1 Å². The zero-order valence-corrected chi connectivity index (χ0v) is 11.2. The Bertz CT molecular complexity index is 500. The topological polar surface area (TPSA) is 105 Å². The lowest BCUT2D eigenvalue weighted by Crippen LogP contribution is -2.14. The highest BCUT2D eigenvalue weighted by Crippen LogP contribution is 2.24. The van der Waals surface area contributed by atoms with Crippen molar-refractivity contribution < 1.29 is 17.9 Å². The van der Waals surface area contributed by atoms with E-state index in [9.17, 15) is 8.42 Å². The van der Waals surface area contributed by atoms with Crippen LogP contribution in [-0.4, -0.2) is 27.7 Å².